The molecule has 0 spiro atoms. The number of benzene rings is 3. The molecule has 10 heteroatoms. The van der Waals surface area contributed by atoms with Gasteiger partial charge >= 0.3 is 0 Å². The van der Waals surface area contributed by atoms with Crippen molar-refractivity contribution in [3.63, 3.8) is 0 Å². The van der Waals surface area contributed by atoms with E-state index in [0.717, 1.165) is 5.56 Å². The highest BCUT2D eigenvalue weighted by Crippen LogP contribution is 2.37. The summed E-state index contributed by atoms with van der Waals surface area (Å²) in [5.41, 5.74) is 3.86. The lowest BCUT2D eigenvalue weighted by atomic mass is 10.1. The molecule has 0 saturated carbocycles. The molecule has 0 heterocycles. The Morgan fingerprint density at radius 1 is 1.09 bits per heavy atom. The Hall–Kier alpha value is -3.62. The van der Waals surface area contributed by atoms with Crippen molar-refractivity contribution in [3.8, 4) is 11.5 Å². The summed E-state index contributed by atoms with van der Waals surface area (Å²) in [7, 11) is 1.48. The van der Waals surface area contributed by atoms with E-state index in [4.69, 9.17) is 32.7 Å². The summed E-state index contributed by atoms with van der Waals surface area (Å²) in [5, 5.41) is 15.8. The Balaban J connectivity index is 1.66. The number of ether oxygens (including phenoxy) is 2. The molecule has 0 fully saturated rings. The maximum Gasteiger partial charge on any atom is 0.273 e. The molecular weight excluding hydrogens is 469 g/mol. The second-order valence-corrected chi connectivity index (χ2v) is 7.58. The van der Waals surface area contributed by atoms with Crippen LogP contribution in [0.2, 0.25) is 10.0 Å². The summed E-state index contributed by atoms with van der Waals surface area (Å²) in [6, 6.07) is 16.6. The van der Waals surface area contributed by atoms with Crippen LogP contribution in [0.25, 0.3) is 0 Å². The van der Waals surface area contributed by atoms with Crippen molar-refractivity contribution in [2.24, 2.45) is 5.10 Å². The number of methoxy groups -OCH3 is 1. The largest absolute Gasteiger partial charge is 0.493 e. The van der Waals surface area contributed by atoms with Gasteiger partial charge in [-0.05, 0) is 23.8 Å². The first-order valence-electron chi connectivity index (χ1n) is 9.67. The first-order valence-corrected chi connectivity index (χ1v) is 10.4. The fourth-order valence-corrected chi connectivity index (χ4v) is 3.41. The summed E-state index contributed by atoms with van der Waals surface area (Å²) >= 11 is 12.5. The fourth-order valence-electron chi connectivity index (χ4n) is 2.95. The standard InChI is InChI=1S/C23H19Cl2N3O5/c1-32-21-11-15(10-19(25)23(21)33-14-17-7-2-4-8-18(17)24)13-26-27-22(29)12-16-6-3-5-9-20(16)28(30)31/h2-11,13H,12,14H2,1H3,(H,27,29). The number of halogens is 2. The van der Waals surface area contributed by atoms with E-state index < -0.39 is 10.8 Å². The third kappa shape index (κ3) is 6.44. The molecule has 3 aromatic rings. The average molecular weight is 488 g/mol. The second kappa shape index (κ2) is 11.3. The summed E-state index contributed by atoms with van der Waals surface area (Å²) in [5.74, 6) is 0.220. The molecule has 1 amide bonds. The summed E-state index contributed by atoms with van der Waals surface area (Å²) in [6.45, 7) is 0.199. The number of nitro groups is 1. The van der Waals surface area contributed by atoms with Gasteiger partial charge in [0, 0.05) is 22.2 Å². The van der Waals surface area contributed by atoms with E-state index >= 15 is 0 Å². The molecule has 3 rings (SSSR count). The van der Waals surface area contributed by atoms with Crippen LogP contribution in [-0.2, 0) is 17.8 Å². The van der Waals surface area contributed by atoms with Crippen molar-refractivity contribution < 1.29 is 19.2 Å². The molecule has 0 aliphatic rings. The van der Waals surface area contributed by atoms with Crippen molar-refractivity contribution in [3.05, 3.63) is 97.5 Å². The summed E-state index contributed by atoms with van der Waals surface area (Å²) in [6.07, 6.45) is 1.19. The van der Waals surface area contributed by atoms with E-state index in [2.05, 4.69) is 10.5 Å². The van der Waals surface area contributed by atoms with E-state index in [1.165, 1.54) is 31.5 Å². The minimum atomic E-state index is -0.532. The van der Waals surface area contributed by atoms with Crippen LogP contribution in [0.1, 0.15) is 16.7 Å². The smallest absolute Gasteiger partial charge is 0.273 e. The Morgan fingerprint density at radius 2 is 1.79 bits per heavy atom. The third-order valence-electron chi connectivity index (χ3n) is 4.52. The number of hydrazone groups is 1. The molecule has 0 aliphatic heterocycles. The Bertz CT molecular complexity index is 1200. The van der Waals surface area contributed by atoms with E-state index in [1.807, 2.05) is 18.2 Å². The minimum Gasteiger partial charge on any atom is -0.493 e. The van der Waals surface area contributed by atoms with Gasteiger partial charge in [0.1, 0.15) is 6.61 Å². The summed E-state index contributed by atoms with van der Waals surface area (Å²) < 4.78 is 11.2. The molecular formula is C23H19Cl2N3O5. The quantitative estimate of drug-likeness (QED) is 0.254. The number of hydrogen-bond donors (Lipinski definition) is 1. The monoisotopic (exact) mass is 487 g/mol. The SMILES string of the molecule is COc1cc(C=NNC(=O)Cc2ccccc2[N+](=O)[O-])cc(Cl)c1OCc1ccccc1Cl. The van der Waals surface area contributed by atoms with Gasteiger partial charge in [-0.15, -0.1) is 0 Å². The topological polar surface area (TPSA) is 103 Å². The molecule has 8 nitrogen and oxygen atoms in total. The third-order valence-corrected chi connectivity index (χ3v) is 5.17. The first kappa shape index (κ1) is 24.0. The average Bonchev–Trinajstić information content (AvgIpc) is 2.79. The van der Waals surface area contributed by atoms with Gasteiger partial charge in [0.05, 0.1) is 29.7 Å². The van der Waals surface area contributed by atoms with Gasteiger partial charge in [-0.1, -0.05) is 59.6 Å². The molecule has 3 aromatic carbocycles. The lowest BCUT2D eigenvalue weighted by Crippen LogP contribution is -2.20. The Labute approximate surface area is 199 Å². The zero-order chi connectivity index (χ0) is 23.8. The summed E-state index contributed by atoms with van der Waals surface area (Å²) in [4.78, 5) is 22.7. The van der Waals surface area contributed by atoms with Gasteiger partial charge < -0.3 is 9.47 Å². The Kier molecular flexibility index (Phi) is 8.23. The molecule has 170 valence electrons. The number of rotatable bonds is 9. The highest BCUT2D eigenvalue weighted by molar-refractivity contribution is 6.32. The van der Waals surface area contributed by atoms with Crippen LogP contribution in [0.3, 0.4) is 0 Å². The van der Waals surface area contributed by atoms with E-state index in [0.29, 0.717) is 27.6 Å². The molecule has 0 aromatic heterocycles. The second-order valence-electron chi connectivity index (χ2n) is 6.77. The van der Waals surface area contributed by atoms with Crippen molar-refractivity contribution in [2.45, 2.75) is 13.0 Å². The van der Waals surface area contributed by atoms with E-state index in [-0.39, 0.29) is 23.7 Å². The maximum absolute atomic E-state index is 12.1. The normalized spacial score (nSPS) is 10.8. The van der Waals surface area contributed by atoms with Crippen LogP contribution in [0.4, 0.5) is 5.69 Å². The Morgan fingerprint density at radius 3 is 2.48 bits per heavy atom. The van der Waals surface area contributed by atoms with Gasteiger partial charge in [-0.2, -0.15) is 5.10 Å². The zero-order valence-corrected chi connectivity index (χ0v) is 19.0. The lowest BCUT2D eigenvalue weighted by Gasteiger charge is -2.14. The number of para-hydroxylation sites is 1. The number of hydrogen-bond acceptors (Lipinski definition) is 6. The number of carbonyl (C=O) groups is 1. The fraction of sp³-hybridized carbons (Fsp3) is 0.130. The van der Waals surface area contributed by atoms with Gasteiger partial charge in [0.25, 0.3) is 5.69 Å². The van der Waals surface area contributed by atoms with Crippen LogP contribution < -0.4 is 14.9 Å². The number of nitrogens with one attached hydrogen (secondary N) is 1. The van der Waals surface area contributed by atoms with Gasteiger partial charge in [-0.3, -0.25) is 14.9 Å². The molecule has 33 heavy (non-hydrogen) atoms. The van der Waals surface area contributed by atoms with Crippen LogP contribution >= 0.6 is 23.2 Å². The number of carbonyl (C=O) groups excluding carboxylic acids is 1. The number of amides is 1. The molecule has 0 unspecified atom stereocenters. The van der Waals surface area contributed by atoms with E-state index in [9.17, 15) is 14.9 Å². The van der Waals surface area contributed by atoms with Crippen LogP contribution in [0.5, 0.6) is 11.5 Å². The van der Waals surface area contributed by atoms with Crippen molar-refractivity contribution in [2.75, 3.05) is 7.11 Å². The highest BCUT2D eigenvalue weighted by atomic mass is 35.5. The lowest BCUT2D eigenvalue weighted by molar-refractivity contribution is -0.385. The van der Waals surface area contributed by atoms with Gasteiger partial charge in [-0.25, -0.2) is 5.43 Å². The number of nitro benzene ring substituents is 1. The predicted molar refractivity (Wildman–Crippen MR) is 126 cm³/mol. The van der Waals surface area contributed by atoms with Crippen LogP contribution in [-0.4, -0.2) is 24.2 Å². The molecule has 0 atom stereocenters. The molecule has 0 radical (unpaired) electrons. The molecule has 1 N–H and O–H groups in total. The zero-order valence-electron chi connectivity index (χ0n) is 17.5. The van der Waals surface area contributed by atoms with Gasteiger partial charge in [0.15, 0.2) is 11.5 Å². The van der Waals surface area contributed by atoms with Crippen molar-refractivity contribution in [1.29, 1.82) is 0 Å². The van der Waals surface area contributed by atoms with Gasteiger partial charge in [0.2, 0.25) is 5.91 Å². The molecule has 0 saturated heterocycles. The highest BCUT2D eigenvalue weighted by Gasteiger charge is 2.15. The predicted octanol–water partition coefficient (Wildman–Crippen LogP) is 5.18. The number of nitrogens with zero attached hydrogens (tertiary/aromatic N) is 2. The van der Waals surface area contributed by atoms with E-state index in [1.54, 1.807) is 24.3 Å². The molecule has 0 bridgehead atoms. The first-order chi connectivity index (χ1) is 15.9. The maximum atomic E-state index is 12.1. The van der Waals surface area contributed by atoms with Crippen molar-refractivity contribution in [1.82, 2.24) is 5.43 Å². The minimum absolute atomic E-state index is 0.125. The van der Waals surface area contributed by atoms with Crippen molar-refractivity contribution >= 4 is 41.0 Å². The van der Waals surface area contributed by atoms with Crippen LogP contribution in [0, 0.1) is 10.1 Å². The molecule has 0 aliphatic carbocycles. The van der Waals surface area contributed by atoms with Crippen LogP contribution in [0.15, 0.2) is 65.8 Å².